The van der Waals surface area contributed by atoms with Crippen molar-refractivity contribution in [2.24, 2.45) is 0 Å². The van der Waals surface area contributed by atoms with Crippen LogP contribution in [-0.4, -0.2) is 11.3 Å². The SMILES string of the molecule is CC1=CSNN1C(F)(F)F. The van der Waals surface area contributed by atoms with Crippen LogP contribution >= 0.6 is 11.9 Å². The van der Waals surface area contributed by atoms with E-state index < -0.39 is 6.30 Å². The predicted octanol–water partition coefficient (Wildman–Crippen LogP) is 1.84. The van der Waals surface area contributed by atoms with Gasteiger partial charge < -0.3 is 0 Å². The molecule has 0 aromatic rings. The normalized spacial score (nSPS) is 19.6. The molecule has 58 valence electrons. The zero-order valence-electron chi connectivity index (χ0n) is 5.07. The number of hydrazine groups is 1. The molecule has 1 rings (SSSR count). The molecule has 1 N–H and O–H groups in total. The summed E-state index contributed by atoms with van der Waals surface area (Å²) in [5.41, 5.74) is 0.164. The van der Waals surface area contributed by atoms with Crippen LogP contribution in [0, 0.1) is 0 Å². The zero-order valence-corrected chi connectivity index (χ0v) is 5.88. The van der Waals surface area contributed by atoms with Crippen LogP contribution in [0.25, 0.3) is 0 Å². The fourth-order valence-corrected chi connectivity index (χ4v) is 1.22. The molecule has 1 aliphatic heterocycles. The van der Waals surface area contributed by atoms with Crippen molar-refractivity contribution in [3.63, 3.8) is 0 Å². The summed E-state index contributed by atoms with van der Waals surface area (Å²) in [6.45, 7) is 1.39. The molecule has 2 nitrogen and oxygen atoms in total. The highest BCUT2D eigenvalue weighted by atomic mass is 32.2. The number of nitrogens with zero attached hydrogens (tertiary/aromatic N) is 1. The first-order valence-corrected chi connectivity index (χ1v) is 3.35. The summed E-state index contributed by atoms with van der Waals surface area (Å²) in [5, 5.41) is 1.56. The molecular formula is C4H5F3N2S. The Hall–Kier alpha value is -0.360. The third-order valence-electron chi connectivity index (χ3n) is 0.980. The Labute approximate surface area is 60.2 Å². The summed E-state index contributed by atoms with van der Waals surface area (Å²) in [6.07, 6.45) is -4.32. The number of halogens is 3. The van der Waals surface area contributed by atoms with E-state index in [1.807, 2.05) is 0 Å². The molecule has 0 saturated carbocycles. The van der Waals surface area contributed by atoms with Crippen LogP contribution in [-0.2, 0) is 0 Å². The molecular weight excluding hydrogens is 165 g/mol. The zero-order chi connectivity index (χ0) is 7.78. The summed E-state index contributed by atoms with van der Waals surface area (Å²) in [6, 6.07) is 0. The average Bonchev–Trinajstić information content (AvgIpc) is 2.11. The second kappa shape index (κ2) is 2.35. The van der Waals surface area contributed by atoms with Crippen molar-refractivity contribution < 1.29 is 13.2 Å². The van der Waals surface area contributed by atoms with E-state index in [-0.39, 0.29) is 10.7 Å². The van der Waals surface area contributed by atoms with Crippen molar-refractivity contribution in [3.8, 4) is 0 Å². The first-order valence-electron chi connectivity index (χ1n) is 2.47. The van der Waals surface area contributed by atoms with Gasteiger partial charge in [0, 0.05) is 11.1 Å². The van der Waals surface area contributed by atoms with E-state index in [0.29, 0.717) is 0 Å². The predicted molar refractivity (Wildman–Crippen MR) is 32.4 cm³/mol. The minimum atomic E-state index is -4.32. The van der Waals surface area contributed by atoms with E-state index in [1.165, 1.54) is 12.3 Å². The molecule has 10 heavy (non-hydrogen) atoms. The van der Waals surface area contributed by atoms with Gasteiger partial charge in [-0.2, -0.15) is 4.83 Å². The highest BCUT2D eigenvalue weighted by Crippen LogP contribution is 2.29. The van der Waals surface area contributed by atoms with Crippen LogP contribution < -0.4 is 4.83 Å². The van der Waals surface area contributed by atoms with Gasteiger partial charge in [0.25, 0.3) is 0 Å². The van der Waals surface area contributed by atoms with E-state index in [1.54, 1.807) is 0 Å². The third kappa shape index (κ3) is 1.38. The maximum absolute atomic E-state index is 11.8. The molecule has 0 aromatic heterocycles. The van der Waals surface area contributed by atoms with Crippen LogP contribution in [0.5, 0.6) is 0 Å². The van der Waals surface area contributed by atoms with Crippen molar-refractivity contribution in [1.82, 2.24) is 9.84 Å². The number of alkyl halides is 3. The molecule has 0 atom stereocenters. The van der Waals surface area contributed by atoms with Crippen LogP contribution in [0.15, 0.2) is 11.1 Å². The van der Waals surface area contributed by atoms with Gasteiger partial charge in [-0.25, -0.2) is 5.01 Å². The lowest BCUT2D eigenvalue weighted by Gasteiger charge is -2.21. The summed E-state index contributed by atoms with van der Waals surface area (Å²) in [5.74, 6) is 0. The minimum absolute atomic E-state index is 0.164. The third-order valence-corrected chi connectivity index (χ3v) is 1.73. The summed E-state index contributed by atoms with van der Waals surface area (Å²) in [7, 11) is 0. The van der Waals surface area contributed by atoms with Crippen molar-refractivity contribution >= 4 is 11.9 Å². The van der Waals surface area contributed by atoms with Crippen molar-refractivity contribution in [2.45, 2.75) is 13.2 Å². The van der Waals surface area contributed by atoms with Crippen molar-refractivity contribution in [1.29, 1.82) is 0 Å². The quantitative estimate of drug-likeness (QED) is 0.441. The maximum atomic E-state index is 11.8. The van der Waals surface area contributed by atoms with E-state index >= 15 is 0 Å². The maximum Gasteiger partial charge on any atom is 0.499 e. The van der Waals surface area contributed by atoms with E-state index in [9.17, 15) is 13.2 Å². The molecule has 0 bridgehead atoms. The van der Waals surface area contributed by atoms with Gasteiger partial charge in [-0.05, 0) is 18.9 Å². The average molecular weight is 170 g/mol. The summed E-state index contributed by atoms with van der Waals surface area (Å²) in [4.78, 5) is 2.08. The lowest BCUT2D eigenvalue weighted by atomic mass is 10.5. The lowest BCUT2D eigenvalue weighted by molar-refractivity contribution is -0.239. The Bertz CT molecular complexity index is 164. The number of hydrogen-bond donors (Lipinski definition) is 1. The van der Waals surface area contributed by atoms with E-state index in [4.69, 9.17) is 0 Å². The van der Waals surface area contributed by atoms with Gasteiger partial charge >= 0.3 is 6.30 Å². The molecule has 1 heterocycles. The van der Waals surface area contributed by atoms with Gasteiger partial charge in [-0.1, -0.05) is 0 Å². The topological polar surface area (TPSA) is 15.3 Å². The molecule has 0 saturated heterocycles. The molecule has 0 aromatic carbocycles. The minimum Gasteiger partial charge on any atom is -0.210 e. The Kier molecular flexibility index (Phi) is 1.82. The summed E-state index contributed by atoms with van der Waals surface area (Å²) < 4.78 is 35.5. The van der Waals surface area contributed by atoms with Gasteiger partial charge in [-0.15, -0.1) is 13.2 Å². The van der Waals surface area contributed by atoms with Gasteiger partial charge in [-0.3, -0.25) is 0 Å². The molecule has 6 heteroatoms. The van der Waals surface area contributed by atoms with Gasteiger partial charge in [0.2, 0.25) is 0 Å². The molecule has 0 radical (unpaired) electrons. The van der Waals surface area contributed by atoms with Crippen LogP contribution in [0.3, 0.4) is 0 Å². The Balaban J connectivity index is 2.67. The first kappa shape index (κ1) is 7.74. The highest BCUT2D eigenvalue weighted by Gasteiger charge is 2.39. The van der Waals surface area contributed by atoms with Gasteiger partial charge in [0.15, 0.2) is 0 Å². The molecule has 0 amide bonds. The number of allylic oxidation sites excluding steroid dienone is 1. The fraction of sp³-hybridized carbons (Fsp3) is 0.500. The van der Waals surface area contributed by atoms with Crippen LogP contribution in [0.4, 0.5) is 13.2 Å². The number of hydrogen-bond acceptors (Lipinski definition) is 3. The van der Waals surface area contributed by atoms with E-state index in [0.717, 1.165) is 11.9 Å². The smallest absolute Gasteiger partial charge is 0.210 e. The molecule has 0 spiro atoms. The Morgan fingerprint density at radius 2 is 2.20 bits per heavy atom. The summed E-state index contributed by atoms with van der Waals surface area (Å²) >= 11 is 0.911. The largest absolute Gasteiger partial charge is 0.499 e. The molecule has 0 unspecified atom stereocenters. The van der Waals surface area contributed by atoms with Crippen LogP contribution in [0.1, 0.15) is 6.92 Å². The first-order chi connectivity index (χ1) is 4.52. The Morgan fingerprint density at radius 3 is 2.40 bits per heavy atom. The second-order valence-electron chi connectivity index (χ2n) is 1.77. The van der Waals surface area contributed by atoms with E-state index in [2.05, 4.69) is 4.83 Å². The number of nitrogens with one attached hydrogen (secondary N) is 1. The molecule has 0 aliphatic carbocycles. The van der Waals surface area contributed by atoms with Gasteiger partial charge in [0.05, 0.1) is 0 Å². The Morgan fingerprint density at radius 1 is 1.60 bits per heavy atom. The van der Waals surface area contributed by atoms with Crippen molar-refractivity contribution in [2.75, 3.05) is 0 Å². The monoisotopic (exact) mass is 170 g/mol. The standard InChI is InChI=1S/C4H5F3N2S/c1-3-2-10-8-9(3)4(5,6)7/h2,8H,1H3. The van der Waals surface area contributed by atoms with Gasteiger partial charge in [0.1, 0.15) is 0 Å². The second-order valence-corrected chi connectivity index (χ2v) is 2.43. The number of rotatable bonds is 0. The lowest BCUT2D eigenvalue weighted by Crippen LogP contribution is -2.40. The molecule has 1 aliphatic rings. The van der Waals surface area contributed by atoms with Crippen molar-refractivity contribution in [3.05, 3.63) is 11.1 Å². The molecule has 0 fully saturated rings. The highest BCUT2D eigenvalue weighted by molar-refractivity contribution is 8.00. The fourth-order valence-electron chi connectivity index (χ4n) is 0.541. The van der Waals surface area contributed by atoms with Crippen LogP contribution in [0.2, 0.25) is 0 Å².